The van der Waals surface area contributed by atoms with E-state index in [1.807, 2.05) is 6.07 Å². The molecule has 1 aliphatic rings. The number of nitrogens with one attached hydrogen (secondary N) is 2. The molecule has 1 aromatic carbocycles. The van der Waals surface area contributed by atoms with Crippen molar-refractivity contribution >= 4 is 17.8 Å². The molecule has 1 atom stereocenters. The fourth-order valence-electron chi connectivity index (χ4n) is 3.16. The summed E-state index contributed by atoms with van der Waals surface area (Å²) < 4.78 is 10.5. The molecule has 0 aliphatic carbocycles. The van der Waals surface area contributed by atoms with Crippen LogP contribution >= 0.6 is 0 Å². The molecule has 0 bridgehead atoms. The van der Waals surface area contributed by atoms with Crippen LogP contribution < -0.4 is 20.1 Å². The van der Waals surface area contributed by atoms with E-state index in [2.05, 4.69) is 15.6 Å². The fourth-order valence-corrected chi connectivity index (χ4v) is 3.16. The second-order valence-corrected chi connectivity index (χ2v) is 6.77. The summed E-state index contributed by atoms with van der Waals surface area (Å²) in [6.07, 6.45) is 3.62. The number of rotatable bonds is 9. The van der Waals surface area contributed by atoms with E-state index in [0.29, 0.717) is 24.5 Å². The van der Waals surface area contributed by atoms with Crippen LogP contribution in [0.4, 0.5) is 4.79 Å². The molecule has 4 amide bonds. The molecule has 2 aromatic rings. The molecule has 0 spiro atoms. The van der Waals surface area contributed by atoms with Crippen molar-refractivity contribution in [1.82, 2.24) is 20.5 Å². The highest BCUT2D eigenvalue weighted by atomic mass is 16.5. The van der Waals surface area contributed by atoms with Crippen LogP contribution in [0, 0.1) is 0 Å². The SMILES string of the molecule is COc1ccc(CCN2C(=O)NC(CC(=O)NCc3ccncc3)C2=O)cc1OC. The lowest BCUT2D eigenvalue weighted by atomic mass is 10.1. The predicted molar refractivity (Wildman–Crippen MR) is 108 cm³/mol. The molecule has 2 heterocycles. The minimum Gasteiger partial charge on any atom is -0.493 e. The van der Waals surface area contributed by atoms with Gasteiger partial charge in [0.15, 0.2) is 11.5 Å². The van der Waals surface area contributed by atoms with Gasteiger partial charge in [0.1, 0.15) is 6.04 Å². The smallest absolute Gasteiger partial charge is 0.324 e. The van der Waals surface area contributed by atoms with E-state index < -0.39 is 18.0 Å². The molecule has 2 N–H and O–H groups in total. The molecule has 1 saturated heterocycles. The summed E-state index contributed by atoms with van der Waals surface area (Å²) in [7, 11) is 3.10. The second kappa shape index (κ2) is 9.73. The van der Waals surface area contributed by atoms with Crippen molar-refractivity contribution in [3.63, 3.8) is 0 Å². The summed E-state index contributed by atoms with van der Waals surface area (Å²) in [5, 5.41) is 5.32. The van der Waals surface area contributed by atoms with Gasteiger partial charge in [-0.2, -0.15) is 0 Å². The van der Waals surface area contributed by atoms with Gasteiger partial charge in [0.2, 0.25) is 5.91 Å². The molecule has 1 unspecified atom stereocenters. The third-order valence-corrected chi connectivity index (χ3v) is 4.81. The van der Waals surface area contributed by atoms with Gasteiger partial charge in [-0.1, -0.05) is 6.07 Å². The van der Waals surface area contributed by atoms with Crippen molar-refractivity contribution in [2.75, 3.05) is 20.8 Å². The van der Waals surface area contributed by atoms with Crippen LogP contribution in [0.25, 0.3) is 0 Å². The van der Waals surface area contributed by atoms with Gasteiger partial charge in [-0.25, -0.2) is 4.79 Å². The lowest BCUT2D eigenvalue weighted by molar-refractivity contribution is -0.130. The number of methoxy groups -OCH3 is 2. The van der Waals surface area contributed by atoms with Crippen LogP contribution in [-0.2, 0) is 22.6 Å². The van der Waals surface area contributed by atoms with Gasteiger partial charge >= 0.3 is 6.03 Å². The van der Waals surface area contributed by atoms with E-state index in [1.54, 1.807) is 50.9 Å². The zero-order valence-corrected chi connectivity index (χ0v) is 16.9. The highest BCUT2D eigenvalue weighted by Crippen LogP contribution is 2.27. The number of ether oxygens (including phenoxy) is 2. The molecular weight excluding hydrogens is 388 g/mol. The van der Waals surface area contributed by atoms with Gasteiger partial charge < -0.3 is 20.1 Å². The average Bonchev–Trinajstić information content (AvgIpc) is 3.03. The number of hydrogen-bond donors (Lipinski definition) is 2. The van der Waals surface area contributed by atoms with Crippen molar-refractivity contribution in [3.05, 3.63) is 53.9 Å². The predicted octanol–water partition coefficient (Wildman–Crippen LogP) is 1.27. The molecule has 0 radical (unpaired) electrons. The molecule has 0 saturated carbocycles. The Labute approximate surface area is 174 Å². The zero-order chi connectivity index (χ0) is 21.5. The Hall–Kier alpha value is -3.62. The molecule has 9 heteroatoms. The first kappa shape index (κ1) is 21.1. The Morgan fingerprint density at radius 1 is 1.10 bits per heavy atom. The van der Waals surface area contributed by atoms with E-state index in [4.69, 9.17) is 9.47 Å². The molecule has 1 fully saturated rings. The summed E-state index contributed by atoms with van der Waals surface area (Å²) >= 11 is 0. The summed E-state index contributed by atoms with van der Waals surface area (Å²) in [4.78, 5) is 42.0. The lowest BCUT2D eigenvalue weighted by Gasteiger charge is -2.14. The normalized spacial score (nSPS) is 15.7. The second-order valence-electron chi connectivity index (χ2n) is 6.77. The van der Waals surface area contributed by atoms with E-state index in [1.165, 1.54) is 0 Å². The number of aromatic nitrogens is 1. The molecule has 9 nitrogen and oxygen atoms in total. The standard InChI is InChI=1S/C21H24N4O5/c1-29-17-4-3-14(11-18(17)30-2)7-10-25-20(27)16(24-21(25)28)12-19(26)23-13-15-5-8-22-9-6-15/h3-6,8-9,11,16H,7,10,12-13H2,1-2H3,(H,23,26)(H,24,28). The Kier molecular flexibility index (Phi) is 6.84. The number of carbonyl (C=O) groups is 3. The van der Waals surface area contributed by atoms with E-state index >= 15 is 0 Å². The topological polar surface area (TPSA) is 110 Å². The molecule has 1 aliphatic heterocycles. The number of nitrogens with zero attached hydrogens (tertiary/aromatic N) is 2. The molecule has 1 aromatic heterocycles. The summed E-state index contributed by atoms with van der Waals surface area (Å²) in [5.74, 6) is 0.469. The monoisotopic (exact) mass is 412 g/mol. The maximum absolute atomic E-state index is 12.6. The maximum atomic E-state index is 12.6. The largest absolute Gasteiger partial charge is 0.493 e. The van der Waals surface area contributed by atoms with Crippen molar-refractivity contribution in [2.24, 2.45) is 0 Å². The van der Waals surface area contributed by atoms with E-state index in [-0.39, 0.29) is 18.9 Å². The number of urea groups is 1. The van der Waals surface area contributed by atoms with Crippen molar-refractivity contribution in [3.8, 4) is 11.5 Å². The summed E-state index contributed by atoms with van der Waals surface area (Å²) in [6, 6.07) is 7.66. The lowest BCUT2D eigenvalue weighted by Crippen LogP contribution is -2.36. The van der Waals surface area contributed by atoms with Crippen molar-refractivity contribution in [2.45, 2.75) is 25.4 Å². The van der Waals surface area contributed by atoms with Gasteiger partial charge in [-0.05, 0) is 41.8 Å². The van der Waals surface area contributed by atoms with Gasteiger partial charge in [0, 0.05) is 25.5 Å². The van der Waals surface area contributed by atoms with E-state index in [0.717, 1.165) is 16.0 Å². The number of benzene rings is 1. The zero-order valence-electron chi connectivity index (χ0n) is 16.9. The minimum absolute atomic E-state index is 0.109. The molecule has 30 heavy (non-hydrogen) atoms. The Bertz CT molecular complexity index is 919. The highest BCUT2D eigenvalue weighted by molar-refractivity contribution is 6.05. The van der Waals surface area contributed by atoms with Crippen molar-refractivity contribution in [1.29, 1.82) is 0 Å². The molecular formula is C21H24N4O5. The van der Waals surface area contributed by atoms with Crippen LogP contribution in [0.2, 0.25) is 0 Å². The third-order valence-electron chi connectivity index (χ3n) is 4.81. The number of pyridine rings is 1. The quantitative estimate of drug-likeness (QED) is 0.600. The van der Waals surface area contributed by atoms with Gasteiger partial charge in [0.05, 0.1) is 20.6 Å². The maximum Gasteiger partial charge on any atom is 0.324 e. The van der Waals surface area contributed by atoms with Crippen molar-refractivity contribution < 1.29 is 23.9 Å². The van der Waals surface area contributed by atoms with Crippen LogP contribution in [0.5, 0.6) is 11.5 Å². The van der Waals surface area contributed by atoms with Gasteiger partial charge in [-0.3, -0.25) is 19.5 Å². The fraction of sp³-hybridized carbons (Fsp3) is 0.333. The van der Waals surface area contributed by atoms with Gasteiger partial charge in [0.25, 0.3) is 5.91 Å². The van der Waals surface area contributed by atoms with Crippen LogP contribution in [-0.4, -0.2) is 54.5 Å². The number of hydrogen-bond acceptors (Lipinski definition) is 6. The number of amides is 4. The van der Waals surface area contributed by atoms with Gasteiger partial charge in [-0.15, -0.1) is 0 Å². The van der Waals surface area contributed by atoms with Crippen LogP contribution in [0.1, 0.15) is 17.5 Å². The molecule has 158 valence electrons. The number of imide groups is 1. The Morgan fingerprint density at radius 2 is 1.83 bits per heavy atom. The minimum atomic E-state index is -0.861. The highest BCUT2D eigenvalue weighted by Gasteiger charge is 2.38. The van der Waals surface area contributed by atoms with Crippen LogP contribution in [0.3, 0.4) is 0 Å². The number of carbonyl (C=O) groups excluding carboxylic acids is 3. The third kappa shape index (κ3) is 5.05. The van der Waals surface area contributed by atoms with Crippen LogP contribution in [0.15, 0.2) is 42.7 Å². The first-order valence-corrected chi connectivity index (χ1v) is 9.50. The van der Waals surface area contributed by atoms with E-state index in [9.17, 15) is 14.4 Å². The average molecular weight is 412 g/mol. The summed E-state index contributed by atoms with van der Waals surface area (Å²) in [6.45, 7) is 0.536. The first-order valence-electron chi connectivity index (χ1n) is 9.50. The summed E-state index contributed by atoms with van der Waals surface area (Å²) in [5.41, 5.74) is 1.79. The molecule has 3 rings (SSSR count). The first-order chi connectivity index (χ1) is 14.5. The Morgan fingerprint density at radius 3 is 2.53 bits per heavy atom. The Balaban J connectivity index is 1.52.